The monoisotopic (exact) mass is 334 g/mol. The number of nitrogens with one attached hydrogen (secondary N) is 1. The molecule has 4 N–H and O–H groups in total. The zero-order valence-electron chi connectivity index (χ0n) is 12.6. The summed E-state index contributed by atoms with van der Waals surface area (Å²) in [4.78, 5) is 8.19. The Labute approximate surface area is 139 Å². The summed E-state index contributed by atoms with van der Waals surface area (Å²) in [6, 6.07) is 7.05. The highest BCUT2D eigenvalue weighted by Crippen LogP contribution is 2.30. The molecule has 1 aromatic heterocycles. The third kappa shape index (κ3) is 4.24. The Bertz CT molecular complexity index is 666. The van der Waals surface area contributed by atoms with Crippen molar-refractivity contribution in [3.63, 3.8) is 0 Å². The molecule has 1 heterocycles. The number of hydrogen-bond acceptors (Lipinski definition) is 6. The average molecular weight is 335 g/mol. The Morgan fingerprint density at radius 1 is 1.30 bits per heavy atom. The standard InChI is InChI=1S/C16H19ClN4O2/c17-11-2-5-13(6-3-11)23-14-9-20-16(18)21-15(14)19-8-10-1-4-12(22)7-10/h2-3,5-6,9-10,12,22H,1,4,7-8H2,(H3,18,19,20,21)/t10-,12-/m1/s1. The van der Waals surface area contributed by atoms with E-state index < -0.39 is 0 Å². The van der Waals surface area contributed by atoms with E-state index >= 15 is 0 Å². The van der Waals surface area contributed by atoms with Crippen molar-refractivity contribution in [2.75, 3.05) is 17.6 Å². The Hall–Kier alpha value is -2.05. The van der Waals surface area contributed by atoms with Crippen molar-refractivity contribution >= 4 is 23.4 Å². The van der Waals surface area contributed by atoms with E-state index in [2.05, 4.69) is 15.3 Å². The summed E-state index contributed by atoms with van der Waals surface area (Å²) in [5.41, 5.74) is 5.67. The third-order valence-electron chi connectivity index (χ3n) is 3.89. The smallest absolute Gasteiger partial charge is 0.222 e. The van der Waals surface area contributed by atoms with E-state index in [1.54, 1.807) is 30.5 Å². The molecule has 0 unspecified atom stereocenters. The van der Waals surface area contributed by atoms with Gasteiger partial charge in [0.2, 0.25) is 5.95 Å². The van der Waals surface area contributed by atoms with Crippen LogP contribution in [0, 0.1) is 5.92 Å². The van der Waals surface area contributed by atoms with Gasteiger partial charge in [-0.1, -0.05) is 11.6 Å². The predicted octanol–water partition coefficient (Wildman–Crippen LogP) is 3.08. The second-order valence-electron chi connectivity index (χ2n) is 5.71. The fraction of sp³-hybridized carbons (Fsp3) is 0.375. The maximum absolute atomic E-state index is 9.60. The quantitative estimate of drug-likeness (QED) is 0.778. The number of nitrogen functional groups attached to an aromatic ring is 1. The van der Waals surface area contributed by atoms with Crippen LogP contribution in [0.4, 0.5) is 11.8 Å². The number of nitrogens with two attached hydrogens (primary N) is 1. The first-order valence-corrected chi connectivity index (χ1v) is 7.96. The molecule has 1 aromatic carbocycles. The van der Waals surface area contributed by atoms with Crippen molar-refractivity contribution in [1.82, 2.24) is 9.97 Å². The summed E-state index contributed by atoms with van der Waals surface area (Å²) in [5, 5.41) is 13.5. The van der Waals surface area contributed by atoms with Gasteiger partial charge in [-0.15, -0.1) is 0 Å². The molecule has 0 bridgehead atoms. The maximum atomic E-state index is 9.60. The maximum Gasteiger partial charge on any atom is 0.222 e. The third-order valence-corrected chi connectivity index (χ3v) is 4.14. The number of aromatic nitrogens is 2. The van der Waals surface area contributed by atoms with Crippen molar-refractivity contribution in [2.45, 2.75) is 25.4 Å². The van der Waals surface area contributed by atoms with Gasteiger partial charge in [-0.25, -0.2) is 4.98 Å². The van der Waals surface area contributed by atoms with Gasteiger partial charge >= 0.3 is 0 Å². The minimum atomic E-state index is -0.193. The van der Waals surface area contributed by atoms with E-state index in [0.717, 1.165) is 19.3 Å². The van der Waals surface area contributed by atoms with Crippen molar-refractivity contribution in [2.24, 2.45) is 5.92 Å². The van der Waals surface area contributed by atoms with Gasteiger partial charge in [-0.2, -0.15) is 4.98 Å². The number of aliphatic hydroxyl groups is 1. The summed E-state index contributed by atoms with van der Waals surface area (Å²) in [5.74, 6) is 2.29. The van der Waals surface area contributed by atoms with Gasteiger partial charge in [-0.3, -0.25) is 0 Å². The van der Waals surface area contributed by atoms with Gasteiger partial charge in [0.05, 0.1) is 12.3 Å². The van der Waals surface area contributed by atoms with Crippen LogP contribution in [0.2, 0.25) is 5.02 Å². The lowest BCUT2D eigenvalue weighted by atomic mass is 10.1. The first-order valence-electron chi connectivity index (χ1n) is 7.58. The molecule has 0 radical (unpaired) electrons. The molecule has 0 amide bonds. The van der Waals surface area contributed by atoms with Crippen LogP contribution in [0.3, 0.4) is 0 Å². The van der Waals surface area contributed by atoms with Gasteiger partial charge < -0.3 is 20.9 Å². The topological polar surface area (TPSA) is 93.3 Å². The molecule has 1 saturated carbocycles. The fourth-order valence-corrected chi connectivity index (χ4v) is 2.82. The minimum Gasteiger partial charge on any atom is -0.452 e. The van der Waals surface area contributed by atoms with Crippen LogP contribution in [0.1, 0.15) is 19.3 Å². The zero-order valence-corrected chi connectivity index (χ0v) is 13.3. The Morgan fingerprint density at radius 3 is 2.78 bits per heavy atom. The minimum absolute atomic E-state index is 0.183. The van der Waals surface area contributed by atoms with E-state index in [-0.39, 0.29) is 12.1 Å². The first kappa shape index (κ1) is 15.8. The van der Waals surface area contributed by atoms with Crippen LogP contribution in [0.5, 0.6) is 11.5 Å². The lowest BCUT2D eigenvalue weighted by Gasteiger charge is -2.15. The second kappa shape index (κ2) is 7.02. The van der Waals surface area contributed by atoms with Gasteiger partial charge in [0.25, 0.3) is 0 Å². The number of hydrogen-bond donors (Lipinski definition) is 3. The molecule has 1 aliphatic carbocycles. The van der Waals surface area contributed by atoms with Gasteiger partial charge in [0, 0.05) is 11.6 Å². The molecule has 122 valence electrons. The molecular weight excluding hydrogens is 316 g/mol. The number of halogens is 1. The van der Waals surface area contributed by atoms with Crippen molar-refractivity contribution < 1.29 is 9.84 Å². The SMILES string of the molecule is Nc1ncc(Oc2ccc(Cl)cc2)c(NC[C@@H]2CC[C@@H](O)C2)n1. The first-order chi connectivity index (χ1) is 11.1. The van der Waals surface area contributed by atoms with Crippen LogP contribution < -0.4 is 15.8 Å². The van der Waals surface area contributed by atoms with Crippen LogP contribution >= 0.6 is 11.6 Å². The molecule has 2 aromatic rings. The number of benzene rings is 1. The molecule has 0 aliphatic heterocycles. The molecule has 3 rings (SSSR count). The normalized spacial score (nSPS) is 20.4. The van der Waals surface area contributed by atoms with E-state index in [1.165, 1.54) is 0 Å². The molecule has 0 saturated heterocycles. The van der Waals surface area contributed by atoms with Crippen LogP contribution in [0.25, 0.3) is 0 Å². The van der Waals surface area contributed by atoms with E-state index in [4.69, 9.17) is 22.1 Å². The Kier molecular flexibility index (Phi) is 4.83. The van der Waals surface area contributed by atoms with Crippen LogP contribution in [-0.2, 0) is 0 Å². The van der Waals surface area contributed by atoms with Crippen molar-refractivity contribution in [1.29, 1.82) is 0 Å². The summed E-state index contributed by atoms with van der Waals surface area (Å²) < 4.78 is 5.80. The molecule has 23 heavy (non-hydrogen) atoms. The number of rotatable bonds is 5. The Balaban J connectivity index is 1.70. The summed E-state index contributed by atoms with van der Waals surface area (Å²) in [6.45, 7) is 0.713. The number of nitrogens with zero attached hydrogens (tertiary/aromatic N) is 2. The van der Waals surface area contributed by atoms with Crippen molar-refractivity contribution in [3.05, 3.63) is 35.5 Å². The second-order valence-corrected chi connectivity index (χ2v) is 6.15. The predicted molar refractivity (Wildman–Crippen MR) is 89.8 cm³/mol. The molecule has 0 spiro atoms. The number of anilines is 2. The Morgan fingerprint density at radius 2 is 2.09 bits per heavy atom. The van der Waals surface area contributed by atoms with Gasteiger partial charge in [0.1, 0.15) is 5.75 Å². The molecule has 1 fully saturated rings. The van der Waals surface area contributed by atoms with Crippen LogP contribution in [-0.4, -0.2) is 27.7 Å². The molecule has 6 nitrogen and oxygen atoms in total. The van der Waals surface area contributed by atoms with E-state index in [0.29, 0.717) is 34.8 Å². The number of ether oxygens (including phenoxy) is 1. The highest BCUT2D eigenvalue weighted by molar-refractivity contribution is 6.30. The molecule has 1 aliphatic rings. The summed E-state index contributed by atoms with van der Waals surface area (Å²) in [7, 11) is 0. The highest BCUT2D eigenvalue weighted by atomic mass is 35.5. The van der Waals surface area contributed by atoms with E-state index in [1.807, 2.05) is 0 Å². The van der Waals surface area contributed by atoms with Crippen molar-refractivity contribution in [3.8, 4) is 11.5 Å². The summed E-state index contributed by atoms with van der Waals surface area (Å²) >= 11 is 5.87. The van der Waals surface area contributed by atoms with E-state index in [9.17, 15) is 5.11 Å². The highest BCUT2D eigenvalue weighted by Gasteiger charge is 2.23. The largest absolute Gasteiger partial charge is 0.452 e. The van der Waals surface area contributed by atoms with Gasteiger partial charge in [0.15, 0.2) is 11.6 Å². The lowest BCUT2D eigenvalue weighted by molar-refractivity contribution is 0.178. The molecular formula is C16H19ClN4O2. The molecule has 2 atom stereocenters. The van der Waals surface area contributed by atoms with Crippen LogP contribution in [0.15, 0.2) is 30.5 Å². The van der Waals surface area contributed by atoms with Gasteiger partial charge in [-0.05, 0) is 49.4 Å². The fourth-order valence-electron chi connectivity index (χ4n) is 2.69. The lowest BCUT2D eigenvalue weighted by Crippen LogP contribution is -2.14. The molecule has 7 heteroatoms. The zero-order chi connectivity index (χ0) is 16.2. The average Bonchev–Trinajstić information content (AvgIpc) is 2.95. The number of aliphatic hydroxyl groups excluding tert-OH is 1. The summed E-state index contributed by atoms with van der Waals surface area (Å²) in [6.07, 6.45) is 4.01.